The molecule has 0 aliphatic heterocycles. The topological polar surface area (TPSA) is 55.1 Å². The lowest BCUT2D eigenvalue weighted by molar-refractivity contribution is 0.0902. The highest BCUT2D eigenvalue weighted by Crippen LogP contribution is 2.11. The van der Waals surface area contributed by atoms with Crippen LogP contribution in [0.25, 0.3) is 0 Å². The largest absolute Gasteiger partial charge is 0.346 e. The Labute approximate surface area is 94.8 Å². The van der Waals surface area contributed by atoms with Crippen molar-refractivity contribution >= 4 is 5.91 Å². The van der Waals surface area contributed by atoms with Crippen LogP contribution in [-0.2, 0) is 0 Å². The summed E-state index contributed by atoms with van der Waals surface area (Å²) in [6.45, 7) is 4.09. The van der Waals surface area contributed by atoms with E-state index in [2.05, 4.69) is 5.32 Å². The number of nitrogens with one attached hydrogen (secondary N) is 1. The molecule has 0 saturated carbocycles. The van der Waals surface area contributed by atoms with E-state index in [9.17, 15) is 9.18 Å². The summed E-state index contributed by atoms with van der Waals surface area (Å²) >= 11 is 0. The number of hydrogen-bond acceptors (Lipinski definition) is 2. The fourth-order valence-corrected chi connectivity index (χ4v) is 1.27. The van der Waals surface area contributed by atoms with Crippen LogP contribution in [0.3, 0.4) is 0 Å². The summed E-state index contributed by atoms with van der Waals surface area (Å²) in [5.74, 6) is -0.941. The third-order valence-electron chi connectivity index (χ3n) is 2.76. The highest BCUT2D eigenvalue weighted by Gasteiger charge is 2.24. The third kappa shape index (κ3) is 2.79. The first-order valence-electron chi connectivity index (χ1n) is 5.29. The molecule has 1 atom stereocenters. The fourth-order valence-electron chi connectivity index (χ4n) is 1.27. The van der Waals surface area contributed by atoms with E-state index in [1.807, 2.05) is 13.8 Å². The normalized spacial score (nSPS) is 14.2. The molecule has 1 unspecified atom stereocenters. The van der Waals surface area contributed by atoms with Crippen LogP contribution in [0.5, 0.6) is 0 Å². The Morgan fingerprint density at radius 3 is 2.62 bits per heavy atom. The van der Waals surface area contributed by atoms with Gasteiger partial charge in [-0.1, -0.05) is 19.1 Å². The van der Waals surface area contributed by atoms with Gasteiger partial charge in [0.15, 0.2) is 0 Å². The van der Waals surface area contributed by atoms with Crippen LogP contribution in [0, 0.1) is 5.82 Å². The number of hydrogen-bond donors (Lipinski definition) is 2. The van der Waals surface area contributed by atoms with Crippen molar-refractivity contribution in [2.75, 3.05) is 6.54 Å². The molecule has 0 spiro atoms. The first-order valence-corrected chi connectivity index (χ1v) is 5.29. The van der Waals surface area contributed by atoms with Crippen molar-refractivity contribution in [2.24, 2.45) is 5.73 Å². The predicted octanol–water partition coefficient (Wildman–Crippen LogP) is 1.68. The molecular weight excluding hydrogens is 207 g/mol. The van der Waals surface area contributed by atoms with Crippen LogP contribution < -0.4 is 11.1 Å². The number of halogens is 1. The zero-order chi connectivity index (χ0) is 12.2. The molecule has 0 aliphatic carbocycles. The minimum Gasteiger partial charge on any atom is -0.346 e. The van der Waals surface area contributed by atoms with Crippen LogP contribution in [0.15, 0.2) is 24.3 Å². The van der Waals surface area contributed by atoms with Crippen LogP contribution in [0.1, 0.15) is 30.6 Å². The number of rotatable bonds is 4. The monoisotopic (exact) mass is 224 g/mol. The average molecular weight is 224 g/mol. The Morgan fingerprint density at radius 1 is 1.50 bits per heavy atom. The summed E-state index contributed by atoms with van der Waals surface area (Å²) in [7, 11) is 0. The molecule has 1 aromatic carbocycles. The van der Waals surface area contributed by atoms with E-state index in [0.29, 0.717) is 13.0 Å². The van der Waals surface area contributed by atoms with Gasteiger partial charge >= 0.3 is 0 Å². The van der Waals surface area contributed by atoms with E-state index < -0.39 is 17.3 Å². The standard InChI is InChI=1S/C12H17FN2O/c1-3-12(2,8-14)15-11(16)9-6-4-5-7-10(9)13/h4-7H,3,8,14H2,1-2H3,(H,15,16). The second-order valence-corrected chi connectivity index (χ2v) is 4.05. The summed E-state index contributed by atoms with van der Waals surface area (Å²) < 4.78 is 13.3. The molecule has 0 bridgehead atoms. The van der Waals surface area contributed by atoms with Crippen molar-refractivity contribution in [3.63, 3.8) is 0 Å². The molecule has 1 aromatic rings. The van der Waals surface area contributed by atoms with Gasteiger partial charge in [-0.25, -0.2) is 4.39 Å². The van der Waals surface area contributed by atoms with Gasteiger partial charge in [0.2, 0.25) is 0 Å². The number of benzene rings is 1. The van der Waals surface area contributed by atoms with Crippen molar-refractivity contribution in [3.8, 4) is 0 Å². The molecule has 1 amide bonds. The first kappa shape index (κ1) is 12.6. The van der Waals surface area contributed by atoms with Gasteiger partial charge in [0.1, 0.15) is 5.82 Å². The Bertz CT molecular complexity index is 375. The Balaban J connectivity index is 2.84. The van der Waals surface area contributed by atoms with Crippen LogP contribution >= 0.6 is 0 Å². The lowest BCUT2D eigenvalue weighted by Crippen LogP contribution is -2.51. The molecule has 0 aliphatic rings. The Hall–Kier alpha value is -1.42. The van der Waals surface area contributed by atoms with E-state index in [4.69, 9.17) is 5.73 Å². The third-order valence-corrected chi connectivity index (χ3v) is 2.76. The zero-order valence-electron chi connectivity index (χ0n) is 9.59. The molecule has 0 heterocycles. The van der Waals surface area contributed by atoms with Gasteiger partial charge in [0, 0.05) is 12.1 Å². The minimum atomic E-state index is -0.518. The molecule has 88 valence electrons. The lowest BCUT2D eigenvalue weighted by atomic mass is 9.98. The molecule has 3 nitrogen and oxygen atoms in total. The van der Waals surface area contributed by atoms with Crippen molar-refractivity contribution in [2.45, 2.75) is 25.8 Å². The number of carbonyl (C=O) groups excluding carboxylic acids is 1. The van der Waals surface area contributed by atoms with Crippen molar-refractivity contribution in [3.05, 3.63) is 35.6 Å². The van der Waals surface area contributed by atoms with E-state index in [0.717, 1.165) is 0 Å². The lowest BCUT2D eigenvalue weighted by Gasteiger charge is -2.27. The number of nitrogens with two attached hydrogens (primary N) is 1. The maximum absolute atomic E-state index is 13.3. The summed E-state index contributed by atoms with van der Waals surface area (Å²) in [5.41, 5.74) is 5.14. The molecular formula is C12H17FN2O. The summed E-state index contributed by atoms with van der Waals surface area (Å²) in [6, 6.07) is 5.90. The van der Waals surface area contributed by atoms with Crippen LogP contribution in [0.4, 0.5) is 4.39 Å². The SMILES string of the molecule is CCC(C)(CN)NC(=O)c1ccccc1F. The van der Waals surface area contributed by atoms with E-state index >= 15 is 0 Å². The van der Waals surface area contributed by atoms with Gasteiger partial charge < -0.3 is 11.1 Å². The van der Waals surface area contributed by atoms with Gasteiger partial charge in [-0.3, -0.25) is 4.79 Å². The van der Waals surface area contributed by atoms with E-state index in [-0.39, 0.29) is 5.56 Å². The highest BCUT2D eigenvalue weighted by molar-refractivity contribution is 5.94. The zero-order valence-corrected chi connectivity index (χ0v) is 9.59. The molecule has 16 heavy (non-hydrogen) atoms. The number of amides is 1. The van der Waals surface area contributed by atoms with Crippen LogP contribution in [0.2, 0.25) is 0 Å². The first-order chi connectivity index (χ1) is 7.52. The molecule has 4 heteroatoms. The van der Waals surface area contributed by atoms with Gasteiger partial charge in [0.05, 0.1) is 5.56 Å². The minimum absolute atomic E-state index is 0.0515. The van der Waals surface area contributed by atoms with Gasteiger partial charge in [-0.05, 0) is 25.5 Å². The maximum Gasteiger partial charge on any atom is 0.254 e. The molecule has 0 fully saturated rings. The van der Waals surface area contributed by atoms with E-state index in [1.165, 1.54) is 12.1 Å². The molecule has 0 aromatic heterocycles. The van der Waals surface area contributed by atoms with E-state index in [1.54, 1.807) is 12.1 Å². The van der Waals surface area contributed by atoms with Gasteiger partial charge in [-0.15, -0.1) is 0 Å². The average Bonchev–Trinajstić information content (AvgIpc) is 2.29. The van der Waals surface area contributed by atoms with Crippen molar-refractivity contribution < 1.29 is 9.18 Å². The highest BCUT2D eigenvalue weighted by atomic mass is 19.1. The molecule has 1 rings (SSSR count). The molecule has 0 saturated heterocycles. The summed E-state index contributed by atoms with van der Waals surface area (Å²) in [5, 5.41) is 2.75. The number of carbonyl (C=O) groups is 1. The Morgan fingerprint density at radius 2 is 2.12 bits per heavy atom. The second kappa shape index (κ2) is 5.07. The maximum atomic E-state index is 13.3. The smallest absolute Gasteiger partial charge is 0.254 e. The van der Waals surface area contributed by atoms with Gasteiger partial charge in [0.25, 0.3) is 5.91 Å². The second-order valence-electron chi connectivity index (χ2n) is 4.05. The van der Waals surface area contributed by atoms with Crippen molar-refractivity contribution in [1.82, 2.24) is 5.32 Å². The Kier molecular flexibility index (Phi) is 4.01. The van der Waals surface area contributed by atoms with Crippen molar-refractivity contribution in [1.29, 1.82) is 0 Å². The predicted molar refractivity (Wildman–Crippen MR) is 61.6 cm³/mol. The summed E-state index contributed by atoms with van der Waals surface area (Å²) in [4.78, 5) is 11.8. The molecule has 3 N–H and O–H groups in total. The van der Waals surface area contributed by atoms with Gasteiger partial charge in [-0.2, -0.15) is 0 Å². The molecule has 0 radical (unpaired) electrons. The summed E-state index contributed by atoms with van der Waals surface area (Å²) in [6.07, 6.45) is 0.698. The van der Waals surface area contributed by atoms with Crippen LogP contribution in [-0.4, -0.2) is 18.0 Å². The quantitative estimate of drug-likeness (QED) is 0.817. The fraction of sp³-hybridized carbons (Fsp3) is 0.417.